The predicted octanol–water partition coefficient (Wildman–Crippen LogP) is 4.56. The fraction of sp³-hybridized carbons (Fsp3) is 0.464. The van der Waals surface area contributed by atoms with Crippen LogP contribution in [0.3, 0.4) is 0 Å². The molecule has 0 bridgehead atoms. The van der Waals surface area contributed by atoms with E-state index in [0.717, 1.165) is 29.7 Å². The molecule has 4 rings (SSSR count). The standard InChI is InChI=1S/C28H35N3O3/c1-5-34-28(33)23-12-14-30(15-13-23)18-27(32)31-26(24-16-20(3)6-9-21(24)4)17-25(29-31)22-10-7-19(2)8-11-22/h6-11,16,23,26H,5,12-15,17-18H2,1-4H3. The molecule has 6 heteroatoms. The summed E-state index contributed by atoms with van der Waals surface area (Å²) in [5, 5.41) is 6.55. The van der Waals surface area contributed by atoms with Gasteiger partial charge >= 0.3 is 5.97 Å². The molecule has 0 N–H and O–H groups in total. The van der Waals surface area contributed by atoms with Gasteiger partial charge in [0.15, 0.2) is 0 Å². The number of carbonyl (C=O) groups excluding carboxylic acids is 2. The van der Waals surface area contributed by atoms with E-state index in [0.29, 0.717) is 32.7 Å². The lowest BCUT2D eigenvalue weighted by Crippen LogP contribution is -2.43. The number of likely N-dealkylation sites (tertiary alicyclic amines) is 1. The van der Waals surface area contributed by atoms with Gasteiger partial charge in [-0.3, -0.25) is 14.5 Å². The van der Waals surface area contributed by atoms with Crippen LogP contribution in [0, 0.1) is 26.7 Å². The number of amides is 1. The number of esters is 1. The van der Waals surface area contributed by atoms with Crippen LogP contribution in [0.1, 0.15) is 60.0 Å². The zero-order valence-electron chi connectivity index (χ0n) is 20.7. The zero-order chi connectivity index (χ0) is 24.2. The van der Waals surface area contributed by atoms with E-state index < -0.39 is 0 Å². The van der Waals surface area contributed by atoms with Gasteiger partial charge < -0.3 is 4.74 Å². The first kappa shape index (κ1) is 24.1. The van der Waals surface area contributed by atoms with Crippen molar-refractivity contribution in [2.75, 3.05) is 26.2 Å². The molecule has 1 unspecified atom stereocenters. The summed E-state index contributed by atoms with van der Waals surface area (Å²) < 4.78 is 5.17. The molecule has 34 heavy (non-hydrogen) atoms. The number of hydrazone groups is 1. The monoisotopic (exact) mass is 461 g/mol. The van der Waals surface area contributed by atoms with E-state index in [4.69, 9.17) is 9.84 Å². The molecule has 180 valence electrons. The predicted molar refractivity (Wildman–Crippen MR) is 134 cm³/mol. The van der Waals surface area contributed by atoms with Crippen molar-refractivity contribution in [3.8, 4) is 0 Å². The summed E-state index contributed by atoms with van der Waals surface area (Å²) in [6.07, 6.45) is 2.15. The van der Waals surface area contributed by atoms with Crippen molar-refractivity contribution >= 4 is 17.6 Å². The fourth-order valence-electron chi connectivity index (χ4n) is 4.87. The number of carbonyl (C=O) groups is 2. The van der Waals surface area contributed by atoms with E-state index in [1.165, 1.54) is 16.7 Å². The Kier molecular flexibility index (Phi) is 7.47. The van der Waals surface area contributed by atoms with Crippen LogP contribution in [0.5, 0.6) is 0 Å². The molecule has 2 heterocycles. The molecule has 2 aromatic carbocycles. The van der Waals surface area contributed by atoms with Gasteiger partial charge in [-0.15, -0.1) is 0 Å². The second kappa shape index (κ2) is 10.5. The maximum Gasteiger partial charge on any atom is 0.309 e. The normalized spacial score (nSPS) is 19.2. The highest BCUT2D eigenvalue weighted by atomic mass is 16.5. The van der Waals surface area contributed by atoms with E-state index >= 15 is 0 Å². The van der Waals surface area contributed by atoms with Crippen LogP contribution in [-0.2, 0) is 14.3 Å². The molecule has 0 spiro atoms. The van der Waals surface area contributed by atoms with Gasteiger partial charge in [-0.25, -0.2) is 5.01 Å². The Labute approximate surface area is 202 Å². The van der Waals surface area contributed by atoms with Gasteiger partial charge in [-0.05, 0) is 70.3 Å². The average Bonchev–Trinajstić information content (AvgIpc) is 3.27. The minimum absolute atomic E-state index is 0.00241. The minimum Gasteiger partial charge on any atom is -0.466 e. The Morgan fingerprint density at radius 2 is 1.68 bits per heavy atom. The van der Waals surface area contributed by atoms with E-state index in [1.54, 1.807) is 5.01 Å². The second-order valence-corrected chi connectivity index (χ2v) is 9.53. The Bertz CT molecular complexity index is 1070. The third-order valence-corrected chi connectivity index (χ3v) is 6.91. The third-order valence-electron chi connectivity index (χ3n) is 6.91. The van der Waals surface area contributed by atoms with Crippen molar-refractivity contribution < 1.29 is 14.3 Å². The Morgan fingerprint density at radius 3 is 2.35 bits per heavy atom. The van der Waals surface area contributed by atoms with Crippen LogP contribution in [0.15, 0.2) is 47.6 Å². The zero-order valence-corrected chi connectivity index (χ0v) is 20.7. The number of aryl methyl sites for hydroxylation is 3. The van der Waals surface area contributed by atoms with Gasteiger partial charge in [0.1, 0.15) is 0 Å². The summed E-state index contributed by atoms with van der Waals surface area (Å²) in [5.41, 5.74) is 6.71. The summed E-state index contributed by atoms with van der Waals surface area (Å²) in [5.74, 6) is -0.176. The van der Waals surface area contributed by atoms with Crippen molar-refractivity contribution in [1.29, 1.82) is 0 Å². The molecular weight excluding hydrogens is 426 g/mol. The van der Waals surface area contributed by atoms with Crippen LogP contribution in [-0.4, -0.2) is 53.7 Å². The van der Waals surface area contributed by atoms with Gasteiger partial charge in [0.2, 0.25) is 0 Å². The molecule has 2 aliphatic rings. The number of hydrogen-bond donors (Lipinski definition) is 0. The van der Waals surface area contributed by atoms with Gasteiger partial charge in [0.05, 0.1) is 30.8 Å². The SMILES string of the molecule is CCOC(=O)C1CCN(CC(=O)N2N=C(c3ccc(C)cc3)CC2c2cc(C)ccc2C)CC1. The lowest BCUT2D eigenvalue weighted by Gasteiger charge is -2.32. The molecule has 0 radical (unpaired) electrons. The van der Waals surface area contributed by atoms with E-state index in [2.05, 4.69) is 68.1 Å². The highest BCUT2D eigenvalue weighted by molar-refractivity contribution is 6.03. The Hall–Kier alpha value is -2.99. The van der Waals surface area contributed by atoms with Crippen molar-refractivity contribution in [2.24, 2.45) is 11.0 Å². The van der Waals surface area contributed by atoms with Gasteiger partial charge in [0, 0.05) is 6.42 Å². The van der Waals surface area contributed by atoms with Gasteiger partial charge in [-0.2, -0.15) is 5.10 Å². The molecule has 2 aliphatic heterocycles. The van der Waals surface area contributed by atoms with E-state index in [-0.39, 0.29) is 23.8 Å². The fourth-order valence-corrected chi connectivity index (χ4v) is 4.87. The van der Waals surface area contributed by atoms with Gasteiger partial charge in [-0.1, -0.05) is 53.6 Å². The first-order valence-electron chi connectivity index (χ1n) is 12.3. The maximum absolute atomic E-state index is 13.5. The summed E-state index contributed by atoms with van der Waals surface area (Å²) in [6.45, 7) is 10.2. The first-order valence-corrected chi connectivity index (χ1v) is 12.3. The van der Waals surface area contributed by atoms with Crippen LogP contribution in [0.4, 0.5) is 0 Å². The number of rotatable bonds is 6. The highest BCUT2D eigenvalue weighted by Crippen LogP contribution is 2.35. The number of nitrogens with zero attached hydrogens (tertiary/aromatic N) is 3. The maximum atomic E-state index is 13.5. The summed E-state index contributed by atoms with van der Waals surface area (Å²) in [6, 6.07) is 14.6. The number of benzene rings is 2. The van der Waals surface area contributed by atoms with Crippen LogP contribution in [0.25, 0.3) is 0 Å². The molecule has 2 aromatic rings. The lowest BCUT2D eigenvalue weighted by molar-refractivity contribution is -0.149. The quantitative estimate of drug-likeness (QED) is 0.592. The lowest BCUT2D eigenvalue weighted by atomic mass is 9.93. The summed E-state index contributed by atoms with van der Waals surface area (Å²) in [4.78, 5) is 27.7. The van der Waals surface area contributed by atoms with Gasteiger partial charge in [0.25, 0.3) is 5.91 Å². The van der Waals surface area contributed by atoms with Crippen molar-refractivity contribution in [3.63, 3.8) is 0 Å². The molecule has 0 aromatic heterocycles. The molecule has 1 fully saturated rings. The molecule has 1 amide bonds. The van der Waals surface area contributed by atoms with Crippen LogP contribution < -0.4 is 0 Å². The average molecular weight is 462 g/mol. The summed E-state index contributed by atoms with van der Waals surface area (Å²) >= 11 is 0. The van der Waals surface area contributed by atoms with Crippen molar-refractivity contribution in [1.82, 2.24) is 9.91 Å². The summed E-state index contributed by atoms with van der Waals surface area (Å²) in [7, 11) is 0. The number of hydrogen-bond acceptors (Lipinski definition) is 5. The van der Waals surface area contributed by atoms with E-state index in [1.807, 2.05) is 6.92 Å². The largest absolute Gasteiger partial charge is 0.466 e. The van der Waals surface area contributed by atoms with Crippen molar-refractivity contribution in [2.45, 2.75) is 53.0 Å². The topological polar surface area (TPSA) is 62.2 Å². The Morgan fingerprint density at radius 1 is 1.00 bits per heavy atom. The Balaban J connectivity index is 1.52. The minimum atomic E-state index is -0.115. The molecule has 1 atom stereocenters. The molecular formula is C28H35N3O3. The molecule has 1 saturated heterocycles. The van der Waals surface area contributed by atoms with Crippen LogP contribution >= 0.6 is 0 Å². The molecule has 0 saturated carbocycles. The first-order chi connectivity index (χ1) is 16.4. The highest BCUT2D eigenvalue weighted by Gasteiger charge is 2.35. The molecule has 0 aliphatic carbocycles. The second-order valence-electron chi connectivity index (χ2n) is 9.53. The van der Waals surface area contributed by atoms with Crippen molar-refractivity contribution in [3.05, 3.63) is 70.3 Å². The number of piperidine rings is 1. The third kappa shape index (κ3) is 5.39. The smallest absolute Gasteiger partial charge is 0.309 e. The van der Waals surface area contributed by atoms with Crippen LogP contribution in [0.2, 0.25) is 0 Å². The van der Waals surface area contributed by atoms with E-state index in [9.17, 15) is 9.59 Å². The molecule has 6 nitrogen and oxygen atoms in total. The number of ether oxygens (including phenoxy) is 1.